The van der Waals surface area contributed by atoms with Crippen LogP contribution < -0.4 is 0 Å². The van der Waals surface area contributed by atoms with E-state index < -0.39 is 5.97 Å². The Morgan fingerprint density at radius 1 is 1.57 bits per heavy atom. The fraction of sp³-hybridized carbons (Fsp3) is 0.182. The highest BCUT2D eigenvalue weighted by atomic mass is 35.5. The van der Waals surface area contributed by atoms with E-state index in [2.05, 4.69) is 0 Å². The molecule has 0 radical (unpaired) electrons. The predicted molar refractivity (Wildman–Crippen MR) is 57.5 cm³/mol. The van der Waals surface area contributed by atoms with Gasteiger partial charge in [0, 0.05) is 5.02 Å². The third-order valence-electron chi connectivity index (χ3n) is 1.74. The Morgan fingerprint density at radius 2 is 2.29 bits per heavy atom. The zero-order valence-electron chi connectivity index (χ0n) is 7.83. The average molecular weight is 211 g/mol. The SMILES string of the molecule is Cc1ccc(Cl)c(C=CCC(=O)O)c1. The second-order valence-electron chi connectivity index (χ2n) is 3.03. The summed E-state index contributed by atoms with van der Waals surface area (Å²) in [6.07, 6.45) is 3.33. The number of carboxylic acid groups (broad SMARTS) is 1. The van der Waals surface area contributed by atoms with Crippen LogP contribution in [0.5, 0.6) is 0 Å². The van der Waals surface area contributed by atoms with E-state index in [1.54, 1.807) is 18.2 Å². The van der Waals surface area contributed by atoms with Crippen molar-refractivity contribution in [3.63, 3.8) is 0 Å². The molecule has 0 aliphatic heterocycles. The molecule has 3 heteroatoms. The maximum atomic E-state index is 10.3. The first-order chi connectivity index (χ1) is 6.59. The molecule has 0 fully saturated rings. The maximum absolute atomic E-state index is 10.3. The highest BCUT2D eigenvalue weighted by Crippen LogP contribution is 2.18. The summed E-state index contributed by atoms with van der Waals surface area (Å²) in [5.41, 5.74) is 1.96. The van der Waals surface area contributed by atoms with Crippen molar-refractivity contribution >= 4 is 23.6 Å². The van der Waals surface area contributed by atoms with Crippen LogP contribution in [-0.2, 0) is 4.79 Å². The van der Waals surface area contributed by atoms with Gasteiger partial charge in [0.1, 0.15) is 0 Å². The minimum Gasteiger partial charge on any atom is -0.481 e. The molecule has 1 aromatic rings. The van der Waals surface area contributed by atoms with Gasteiger partial charge in [-0.2, -0.15) is 0 Å². The van der Waals surface area contributed by atoms with E-state index in [9.17, 15) is 4.79 Å². The van der Waals surface area contributed by atoms with Crippen LogP contribution in [0.3, 0.4) is 0 Å². The highest BCUT2D eigenvalue weighted by Gasteiger charge is 1.96. The molecule has 0 spiro atoms. The lowest BCUT2D eigenvalue weighted by atomic mass is 10.1. The first kappa shape index (κ1) is 10.8. The molecule has 0 saturated heterocycles. The molecule has 74 valence electrons. The van der Waals surface area contributed by atoms with Crippen molar-refractivity contribution in [3.8, 4) is 0 Å². The number of carboxylic acids is 1. The lowest BCUT2D eigenvalue weighted by molar-refractivity contribution is -0.135. The van der Waals surface area contributed by atoms with Crippen LogP contribution in [0.4, 0.5) is 0 Å². The molecule has 1 aromatic carbocycles. The standard InChI is InChI=1S/C11H11ClO2/c1-8-5-6-10(12)9(7-8)3-2-4-11(13)14/h2-3,5-7H,4H2,1H3,(H,13,14). The molecule has 2 nitrogen and oxygen atoms in total. The van der Waals surface area contributed by atoms with E-state index in [-0.39, 0.29) is 6.42 Å². The predicted octanol–water partition coefficient (Wildman–Crippen LogP) is 3.14. The van der Waals surface area contributed by atoms with E-state index in [0.29, 0.717) is 5.02 Å². The van der Waals surface area contributed by atoms with Crippen molar-refractivity contribution < 1.29 is 9.90 Å². The summed E-state index contributed by atoms with van der Waals surface area (Å²) in [7, 11) is 0. The summed E-state index contributed by atoms with van der Waals surface area (Å²) in [4.78, 5) is 10.3. The minimum atomic E-state index is -0.843. The highest BCUT2D eigenvalue weighted by molar-refractivity contribution is 6.32. The third-order valence-corrected chi connectivity index (χ3v) is 2.09. The molecule has 0 heterocycles. The second-order valence-corrected chi connectivity index (χ2v) is 3.43. The molecule has 0 bridgehead atoms. The zero-order valence-corrected chi connectivity index (χ0v) is 8.58. The Bertz CT molecular complexity index is 370. The van der Waals surface area contributed by atoms with Gasteiger partial charge in [-0.1, -0.05) is 41.4 Å². The quantitative estimate of drug-likeness (QED) is 0.832. The van der Waals surface area contributed by atoms with Crippen LogP contribution in [0.2, 0.25) is 5.02 Å². The van der Waals surface area contributed by atoms with Gasteiger partial charge >= 0.3 is 5.97 Å². The number of benzene rings is 1. The summed E-state index contributed by atoms with van der Waals surface area (Å²) >= 11 is 5.91. The Hall–Kier alpha value is -1.28. The lowest BCUT2D eigenvalue weighted by Gasteiger charge is -1.99. The number of rotatable bonds is 3. The Labute approximate surface area is 87.8 Å². The number of carbonyl (C=O) groups is 1. The molecule has 0 saturated carbocycles. The van der Waals surface area contributed by atoms with E-state index >= 15 is 0 Å². The zero-order chi connectivity index (χ0) is 10.6. The molecular formula is C11H11ClO2. The summed E-state index contributed by atoms with van der Waals surface area (Å²) < 4.78 is 0. The van der Waals surface area contributed by atoms with Crippen LogP contribution in [0.1, 0.15) is 17.5 Å². The van der Waals surface area contributed by atoms with Gasteiger partial charge in [-0.3, -0.25) is 4.79 Å². The normalized spacial score (nSPS) is 10.7. The summed E-state index contributed by atoms with van der Waals surface area (Å²) in [6, 6.07) is 5.63. The molecule has 0 amide bonds. The molecule has 1 rings (SSSR count). The van der Waals surface area contributed by atoms with E-state index in [4.69, 9.17) is 16.7 Å². The van der Waals surface area contributed by atoms with Gasteiger partial charge in [-0.15, -0.1) is 0 Å². The molecule has 0 aliphatic carbocycles. The number of aryl methyl sites for hydroxylation is 1. The van der Waals surface area contributed by atoms with Crippen molar-refractivity contribution in [2.75, 3.05) is 0 Å². The van der Waals surface area contributed by atoms with Gasteiger partial charge in [0.2, 0.25) is 0 Å². The van der Waals surface area contributed by atoms with E-state index in [1.807, 2.05) is 19.1 Å². The third kappa shape index (κ3) is 3.23. The number of halogens is 1. The number of hydrogen-bond acceptors (Lipinski definition) is 1. The van der Waals surface area contributed by atoms with Crippen molar-refractivity contribution in [2.45, 2.75) is 13.3 Å². The van der Waals surface area contributed by atoms with Crippen LogP contribution in [0, 0.1) is 6.92 Å². The first-order valence-corrected chi connectivity index (χ1v) is 4.62. The molecule has 14 heavy (non-hydrogen) atoms. The van der Waals surface area contributed by atoms with Gasteiger partial charge in [0.05, 0.1) is 6.42 Å². The fourth-order valence-electron chi connectivity index (χ4n) is 1.08. The minimum absolute atomic E-state index is 0.0181. The molecular weight excluding hydrogens is 200 g/mol. The van der Waals surface area contributed by atoms with Gasteiger partial charge < -0.3 is 5.11 Å². The van der Waals surface area contributed by atoms with Crippen LogP contribution in [0.25, 0.3) is 6.08 Å². The van der Waals surface area contributed by atoms with Gasteiger partial charge in [0.25, 0.3) is 0 Å². The van der Waals surface area contributed by atoms with Crippen molar-refractivity contribution in [3.05, 3.63) is 40.4 Å². The fourth-order valence-corrected chi connectivity index (χ4v) is 1.26. The Balaban J connectivity index is 2.80. The Kier molecular flexibility index (Phi) is 3.72. The van der Waals surface area contributed by atoms with Gasteiger partial charge in [0.15, 0.2) is 0 Å². The van der Waals surface area contributed by atoms with Crippen LogP contribution in [-0.4, -0.2) is 11.1 Å². The molecule has 0 aromatic heterocycles. The van der Waals surface area contributed by atoms with Gasteiger partial charge in [-0.05, 0) is 18.6 Å². The number of aliphatic carboxylic acids is 1. The first-order valence-electron chi connectivity index (χ1n) is 4.24. The van der Waals surface area contributed by atoms with Crippen molar-refractivity contribution in [2.24, 2.45) is 0 Å². The Morgan fingerprint density at radius 3 is 2.93 bits per heavy atom. The largest absolute Gasteiger partial charge is 0.481 e. The molecule has 0 aliphatic rings. The van der Waals surface area contributed by atoms with Crippen LogP contribution in [0.15, 0.2) is 24.3 Å². The summed E-state index contributed by atoms with van der Waals surface area (Å²) in [5, 5.41) is 9.07. The molecule has 0 atom stereocenters. The lowest BCUT2D eigenvalue weighted by Crippen LogP contribution is -1.89. The van der Waals surface area contributed by atoms with Crippen molar-refractivity contribution in [1.29, 1.82) is 0 Å². The smallest absolute Gasteiger partial charge is 0.307 e. The van der Waals surface area contributed by atoms with Crippen molar-refractivity contribution in [1.82, 2.24) is 0 Å². The summed E-state index contributed by atoms with van der Waals surface area (Å²) in [6.45, 7) is 1.96. The molecule has 1 N–H and O–H groups in total. The van der Waals surface area contributed by atoms with E-state index in [1.165, 1.54) is 0 Å². The monoisotopic (exact) mass is 210 g/mol. The van der Waals surface area contributed by atoms with E-state index in [0.717, 1.165) is 11.1 Å². The average Bonchev–Trinajstić information content (AvgIpc) is 2.10. The maximum Gasteiger partial charge on any atom is 0.307 e. The number of hydrogen-bond donors (Lipinski definition) is 1. The summed E-state index contributed by atoms with van der Waals surface area (Å²) in [5.74, 6) is -0.843. The van der Waals surface area contributed by atoms with Crippen LogP contribution >= 0.6 is 11.6 Å². The van der Waals surface area contributed by atoms with Gasteiger partial charge in [-0.25, -0.2) is 0 Å². The second kappa shape index (κ2) is 4.82. The topological polar surface area (TPSA) is 37.3 Å². The molecule has 0 unspecified atom stereocenters.